The highest BCUT2D eigenvalue weighted by Crippen LogP contribution is 2.37. The van der Waals surface area contributed by atoms with Gasteiger partial charge in [0.25, 0.3) is 5.91 Å². The molecule has 5 rings (SSSR count). The van der Waals surface area contributed by atoms with Gasteiger partial charge in [0.2, 0.25) is 0 Å². The highest BCUT2D eigenvalue weighted by molar-refractivity contribution is 6.32. The lowest BCUT2D eigenvalue weighted by Gasteiger charge is -2.26. The number of hydrogen-bond acceptors (Lipinski definition) is 5. The number of rotatable bonds is 9. The largest absolute Gasteiger partial charge is 0.355 e. The number of nitrogens with zero attached hydrogens (tertiary/aromatic N) is 5. The number of pyridine rings is 1. The van der Waals surface area contributed by atoms with Crippen LogP contribution in [-0.4, -0.2) is 53.1 Å². The third kappa shape index (κ3) is 4.82. The molecule has 1 aliphatic heterocycles. The van der Waals surface area contributed by atoms with Crippen LogP contribution < -0.4 is 10.2 Å². The lowest BCUT2D eigenvalue weighted by atomic mass is 10.2. The van der Waals surface area contributed by atoms with E-state index in [1.54, 1.807) is 29.2 Å². The summed E-state index contributed by atoms with van der Waals surface area (Å²) in [6.45, 7) is 3.15. The van der Waals surface area contributed by atoms with Crippen LogP contribution >= 0.6 is 11.6 Å². The molecular formula is C23H27ClN6O. The molecule has 0 unspecified atom stereocenters. The number of anilines is 1. The minimum absolute atomic E-state index is 0.134. The average Bonchev–Trinajstić information content (AvgIpc) is 3.73. The van der Waals surface area contributed by atoms with Crippen molar-refractivity contribution in [3.63, 3.8) is 0 Å². The smallest absolute Gasteiger partial charge is 0.256 e. The number of aliphatic imine (C=N–C) groups is 1. The molecule has 1 N–H and O–H groups in total. The summed E-state index contributed by atoms with van der Waals surface area (Å²) >= 11 is 6.46. The Morgan fingerprint density at radius 2 is 2.00 bits per heavy atom. The zero-order valence-corrected chi connectivity index (χ0v) is 18.3. The van der Waals surface area contributed by atoms with E-state index in [9.17, 15) is 4.79 Å². The van der Waals surface area contributed by atoms with Crippen LogP contribution in [0.4, 0.5) is 5.82 Å². The maximum atomic E-state index is 13.2. The van der Waals surface area contributed by atoms with Gasteiger partial charge in [0, 0.05) is 38.6 Å². The highest BCUT2D eigenvalue weighted by Gasteiger charge is 2.33. The van der Waals surface area contributed by atoms with Crippen LogP contribution in [0.1, 0.15) is 42.5 Å². The molecule has 2 aromatic rings. The fourth-order valence-electron chi connectivity index (χ4n) is 3.92. The summed E-state index contributed by atoms with van der Waals surface area (Å²) < 4.78 is 1.74. The molecule has 0 bridgehead atoms. The van der Waals surface area contributed by atoms with Crippen LogP contribution in [0, 0.1) is 11.8 Å². The van der Waals surface area contributed by atoms with E-state index < -0.39 is 0 Å². The molecule has 0 saturated heterocycles. The number of carbonyl (C=O) groups excluding carboxylic acids is 1. The number of dihydropyridines is 1. The van der Waals surface area contributed by atoms with E-state index in [0.717, 1.165) is 37.4 Å². The first-order valence-electron chi connectivity index (χ1n) is 11.1. The van der Waals surface area contributed by atoms with Crippen LogP contribution in [0.5, 0.6) is 0 Å². The Morgan fingerprint density at radius 1 is 1.23 bits per heavy atom. The Kier molecular flexibility index (Phi) is 5.76. The first-order chi connectivity index (χ1) is 15.2. The van der Waals surface area contributed by atoms with Crippen LogP contribution in [0.25, 0.3) is 5.82 Å². The second-order valence-corrected chi connectivity index (χ2v) is 9.09. The Bertz CT molecular complexity index is 1010. The van der Waals surface area contributed by atoms with Crippen LogP contribution in [0.3, 0.4) is 0 Å². The minimum atomic E-state index is -0.134. The SMILES string of the molecule is O=C(NCC1=CCCN=C1)c1cnn(-c2ncccc2Cl)c1N(CC1CC1)CC1CC1. The van der Waals surface area contributed by atoms with Crippen LogP contribution in [0.2, 0.25) is 5.02 Å². The van der Waals surface area contributed by atoms with Crippen molar-refractivity contribution in [3.8, 4) is 5.82 Å². The third-order valence-electron chi connectivity index (χ3n) is 5.95. The number of hydrogen-bond donors (Lipinski definition) is 1. The molecule has 2 aromatic heterocycles. The van der Waals surface area contributed by atoms with Crippen molar-refractivity contribution in [3.05, 3.63) is 46.8 Å². The Hall–Kier alpha value is -2.67. The van der Waals surface area contributed by atoms with Gasteiger partial charge >= 0.3 is 0 Å². The summed E-state index contributed by atoms with van der Waals surface area (Å²) in [5, 5.41) is 8.13. The van der Waals surface area contributed by atoms with Crippen molar-refractivity contribution < 1.29 is 4.79 Å². The van der Waals surface area contributed by atoms with E-state index in [1.165, 1.54) is 25.7 Å². The molecule has 3 aliphatic rings. The van der Waals surface area contributed by atoms with E-state index in [-0.39, 0.29) is 5.91 Å². The predicted octanol–water partition coefficient (Wildman–Crippen LogP) is 3.68. The summed E-state index contributed by atoms with van der Waals surface area (Å²) in [6.07, 6.45) is 13.2. The summed E-state index contributed by atoms with van der Waals surface area (Å²) in [5.74, 6) is 2.58. The Morgan fingerprint density at radius 3 is 2.65 bits per heavy atom. The van der Waals surface area contributed by atoms with Gasteiger partial charge in [-0.3, -0.25) is 9.79 Å². The van der Waals surface area contributed by atoms with E-state index in [2.05, 4.69) is 31.4 Å². The maximum absolute atomic E-state index is 13.2. The van der Waals surface area contributed by atoms with Crippen LogP contribution in [0.15, 0.2) is 41.2 Å². The second kappa shape index (κ2) is 8.83. The quantitative estimate of drug-likeness (QED) is 0.648. The summed E-state index contributed by atoms with van der Waals surface area (Å²) in [7, 11) is 0. The van der Waals surface area contributed by atoms with E-state index in [4.69, 9.17) is 11.6 Å². The molecule has 0 atom stereocenters. The van der Waals surface area contributed by atoms with Gasteiger partial charge in [-0.15, -0.1) is 0 Å². The number of amides is 1. The molecule has 8 heteroatoms. The average molecular weight is 439 g/mol. The Labute approximate surface area is 187 Å². The molecule has 2 aliphatic carbocycles. The molecule has 31 heavy (non-hydrogen) atoms. The minimum Gasteiger partial charge on any atom is -0.355 e. The molecule has 0 radical (unpaired) electrons. The van der Waals surface area contributed by atoms with Gasteiger partial charge in [0.1, 0.15) is 11.4 Å². The van der Waals surface area contributed by atoms with Crippen molar-refractivity contribution in [2.45, 2.75) is 32.1 Å². The van der Waals surface area contributed by atoms with E-state index in [0.29, 0.717) is 34.8 Å². The number of carbonyl (C=O) groups is 1. The molecule has 2 saturated carbocycles. The zero-order valence-electron chi connectivity index (χ0n) is 17.5. The van der Waals surface area contributed by atoms with Crippen molar-refractivity contribution in [1.82, 2.24) is 20.1 Å². The molecule has 7 nitrogen and oxygen atoms in total. The van der Waals surface area contributed by atoms with Gasteiger partial charge in [-0.2, -0.15) is 9.78 Å². The number of halogens is 1. The monoisotopic (exact) mass is 438 g/mol. The van der Waals surface area contributed by atoms with Gasteiger partial charge in [0.05, 0.1) is 11.2 Å². The van der Waals surface area contributed by atoms with E-state index in [1.807, 2.05) is 6.21 Å². The summed E-state index contributed by atoms with van der Waals surface area (Å²) in [5.41, 5.74) is 1.60. The lowest BCUT2D eigenvalue weighted by molar-refractivity contribution is 0.0958. The molecule has 3 heterocycles. The number of aromatic nitrogens is 3. The molecular weight excluding hydrogens is 412 g/mol. The van der Waals surface area contributed by atoms with Crippen molar-refractivity contribution >= 4 is 29.5 Å². The van der Waals surface area contributed by atoms with Gasteiger partial charge in [0.15, 0.2) is 5.82 Å². The van der Waals surface area contributed by atoms with Gasteiger partial charge < -0.3 is 10.2 Å². The van der Waals surface area contributed by atoms with E-state index >= 15 is 0 Å². The second-order valence-electron chi connectivity index (χ2n) is 8.68. The zero-order chi connectivity index (χ0) is 21.2. The fourth-order valence-corrected chi connectivity index (χ4v) is 4.12. The van der Waals surface area contributed by atoms with Gasteiger partial charge in [-0.25, -0.2) is 4.98 Å². The van der Waals surface area contributed by atoms with Gasteiger partial charge in [-0.05, 0) is 61.6 Å². The third-order valence-corrected chi connectivity index (χ3v) is 6.25. The summed E-state index contributed by atoms with van der Waals surface area (Å²) in [6, 6.07) is 3.60. The molecule has 162 valence electrons. The predicted molar refractivity (Wildman–Crippen MR) is 122 cm³/mol. The Balaban J connectivity index is 1.47. The normalized spacial score (nSPS) is 18.0. The highest BCUT2D eigenvalue weighted by atomic mass is 35.5. The van der Waals surface area contributed by atoms with Crippen LogP contribution in [-0.2, 0) is 0 Å². The van der Waals surface area contributed by atoms with Crippen molar-refractivity contribution in [2.24, 2.45) is 16.8 Å². The first kappa shape index (κ1) is 20.2. The molecule has 2 fully saturated rings. The first-order valence-corrected chi connectivity index (χ1v) is 11.5. The summed E-state index contributed by atoms with van der Waals surface area (Å²) in [4.78, 5) is 24.3. The maximum Gasteiger partial charge on any atom is 0.256 e. The molecule has 0 aromatic carbocycles. The number of nitrogens with one attached hydrogen (secondary N) is 1. The molecule has 1 amide bonds. The van der Waals surface area contributed by atoms with Gasteiger partial charge in [-0.1, -0.05) is 17.7 Å². The lowest BCUT2D eigenvalue weighted by Crippen LogP contribution is -2.34. The topological polar surface area (TPSA) is 75.4 Å². The standard InChI is InChI=1S/C23H27ClN6O/c24-20-4-2-10-26-21(20)30-23(29(14-16-5-6-16)15-17-7-8-17)19(13-28-30)22(31)27-12-18-3-1-9-25-11-18/h2-4,10-11,13,16-17H,1,5-9,12,14-15H2,(H,27,31). The van der Waals surface area contributed by atoms with Crippen molar-refractivity contribution in [2.75, 3.05) is 31.1 Å². The molecule has 0 spiro atoms. The fraction of sp³-hybridized carbons (Fsp3) is 0.478. The van der Waals surface area contributed by atoms with Crippen molar-refractivity contribution in [1.29, 1.82) is 0 Å².